The molecule has 2 heteroatoms. The Labute approximate surface area is 62.8 Å². The van der Waals surface area contributed by atoms with Crippen LogP contribution in [0.15, 0.2) is 0 Å². The third kappa shape index (κ3) is 4.74. The maximum absolute atomic E-state index is 12.6. The highest BCUT2D eigenvalue weighted by Gasteiger charge is 2.08. The third-order valence-corrected chi connectivity index (χ3v) is 1.70. The molecule has 10 heavy (non-hydrogen) atoms. The second kappa shape index (κ2) is 5.66. The molecule has 0 radical (unpaired) electrons. The average Bonchev–Trinajstić information content (AvgIpc) is 1.88. The van der Waals surface area contributed by atoms with Crippen LogP contribution in [0.2, 0.25) is 0 Å². The Kier molecular flexibility index (Phi) is 5.60. The predicted octanol–water partition coefficient (Wildman–Crippen LogP) is 2.11. The summed E-state index contributed by atoms with van der Waals surface area (Å²) in [6.45, 7) is 4.37. The Morgan fingerprint density at radius 2 is 2.10 bits per heavy atom. The van der Waals surface area contributed by atoms with Gasteiger partial charge in [-0.3, -0.25) is 0 Å². The molecular formula is C8H18FN. The number of nitrogens with two attached hydrogens (primary N) is 1. The van der Waals surface area contributed by atoms with E-state index in [0.717, 1.165) is 12.8 Å². The number of hydrogen-bond donors (Lipinski definition) is 1. The Morgan fingerprint density at radius 1 is 1.50 bits per heavy atom. The van der Waals surface area contributed by atoms with Gasteiger partial charge in [0.05, 0.1) is 0 Å². The maximum Gasteiger partial charge on any atom is 0.113 e. The van der Waals surface area contributed by atoms with Gasteiger partial charge in [-0.25, -0.2) is 4.39 Å². The van der Waals surface area contributed by atoms with Crippen molar-refractivity contribution in [3.8, 4) is 0 Å². The lowest BCUT2D eigenvalue weighted by Crippen LogP contribution is -2.17. The van der Waals surface area contributed by atoms with Gasteiger partial charge in [-0.05, 0) is 12.3 Å². The van der Waals surface area contributed by atoms with E-state index >= 15 is 0 Å². The smallest absolute Gasteiger partial charge is 0.113 e. The van der Waals surface area contributed by atoms with Gasteiger partial charge in [-0.1, -0.05) is 26.7 Å². The fraction of sp³-hybridized carbons (Fsp3) is 1.00. The van der Waals surface area contributed by atoms with E-state index in [1.807, 2.05) is 0 Å². The van der Waals surface area contributed by atoms with Gasteiger partial charge in [0.15, 0.2) is 0 Å². The van der Waals surface area contributed by atoms with E-state index in [9.17, 15) is 4.39 Å². The van der Waals surface area contributed by atoms with Crippen molar-refractivity contribution in [1.82, 2.24) is 0 Å². The largest absolute Gasteiger partial charge is 0.328 e. The van der Waals surface area contributed by atoms with Gasteiger partial charge in [-0.2, -0.15) is 0 Å². The van der Waals surface area contributed by atoms with Gasteiger partial charge in [0.2, 0.25) is 0 Å². The summed E-state index contributed by atoms with van der Waals surface area (Å²) in [4.78, 5) is 0. The highest BCUT2D eigenvalue weighted by molar-refractivity contribution is 4.61. The molecule has 0 spiro atoms. The van der Waals surface area contributed by atoms with Crippen LogP contribution in [0, 0.1) is 5.92 Å². The average molecular weight is 147 g/mol. The number of halogens is 1. The number of hydrogen-bond acceptors (Lipinski definition) is 1. The molecule has 0 rings (SSSR count). The highest BCUT2D eigenvalue weighted by atomic mass is 19.1. The molecule has 0 fully saturated rings. The normalized spacial score (nSPS) is 16.8. The Hall–Kier alpha value is -0.110. The molecule has 2 unspecified atom stereocenters. The Balaban J connectivity index is 3.27. The third-order valence-electron chi connectivity index (χ3n) is 1.70. The molecule has 0 aliphatic carbocycles. The first-order valence-corrected chi connectivity index (χ1v) is 4.04. The van der Waals surface area contributed by atoms with Crippen LogP contribution in [-0.4, -0.2) is 12.7 Å². The summed E-state index contributed by atoms with van der Waals surface area (Å²) >= 11 is 0. The molecule has 0 saturated heterocycles. The van der Waals surface area contributed by atoms with Gasteiger partial charge in [-0.15, -0.1) is 0 Å². The highest BCUT2D eigenvalue weighted by Crippen LogP contribution is 2.13. The molecule has 2 N–H and O–H groups in total. The molecular weight excluding hydrogens is 129 g/mol. The van der Waals surface area contributed by atoms with Gasteiger partial charge in [0, 0.05) is 6.54 Å². The summed E-state index contributed by atoms with van der Waals surface area (Å²) in [5, 5.41) is 0. The first-order valence-electron chi connectivity index (χ1n) is 4.04. The van der Waals surface area contributed by atoms with Crippen LogP contribution in [0.1, 0.15) is 33.1 Å². The molecule has 0 aliphatic heterocycles. The van der Waals surface area contributed by atoms with Gasteiger partial charge < -0.3 is 5.73 Å². The summed E-state index contributed by atoms with van der Waals surface area (Å²) < 4.78 is 12.6. The van der Waals surface area contributed by atoms with Gasteiger partial charge >= 0.3 is 0 Å². The Morgan fingerprint density at radius 3 is 2.50 bits per heavy atom. The van der Waals surface area contributed by atoms with E-state index < -0.39 is 6.17 Å². The van der Waals surface area contributed by atoms with Crippen molar-refractivity contribution in [2.24, 2.45) is 11.7 Å². The molecule has 0 aromatic carbocycles. The lowest BCUT2D eigenvalue weighted by Gasteiger charge is -2.11. The minimum atomic E-state index is -0.790. The topological polar surface area (TPSA) is 26.0 Å². The molecule has 2 atom stereocenters. The van der Waals surface area contributed by atoms with Crippen molar-refractivity contribution in [3.05, 3.63) is 0 Å². The lowest BCUT2D eigenvalue weighted by molar-refractivity contribution is 0.275. The molecule has 0 aromatic rings. The van der Waals surface area contributed by atoms with Crippen molar-refractivity contribution in [3.63, 3.8) is 0 Å². The summed E-state index contributed by atoms with van der Waals surface area (Å²) in [6.07, 6.45) is 2.09. The van der Waals surface area contributed by atoms with E-state index in [4.69, 9.17) is 5.73 Å². The van der Waals surface area contributed by atoms with Crippen molar-refractivity contribution >= 4 is 0 Å². The van der Waals surface area contributed by atoms with Crippen molar-refractivity contribution in [2.45, 2.75) is 39.3 Å². The van der Waals surface area contributed by atoms with E-state index in [1.165, 1.54) is 0 Å². The van der Waals surface area contributed by atoms with Crippen molar-refractivity contribution in [2.75, 3.05) is 6.54 Å². The fourth-order valence-electron chi connectivity index (χ4n) is 1.14. The quantitative estimate of drug-likeness (QED) is 0.633. The first-order chi connectivity index (χ1) is 4.70. The molecule has 0 aromatic heterocycles. The van der Waals surface area contributed by atoms with Crippen LogP contribution in [0.25, 0.3) is 0 Å². The molecule has 0 saturated carbocycles. The summed E-state index contributed by atoms with van der Waals surface area (Å²) in [5.74, 6) is 0.489. The fourth-order valence-corrected chi connectivity index (χ4v) is 1.14. The van der Waals surface area contributed by atoms with Crippen molar-refractivity contribution in [1.29, 1.82) is 0 Å². The van der Waals surface area contributed by atoms with Crippen LogP contribution >= 0.6 is 0 Å². The molecule has 0 heterocycles. The zero-order valence-corrected chi connectivity index (χ0v) is 6.94. The summed E-state index contributed by atoms with van der Waals surface area (Å²) in [6, 6.07) is 0. The number of rotatable bonds is 5. The maximum atomic E-state index is 12.6. The second-order valence-corrected chi connectivity index (χ2v) is 2.96. The van der Waals surface area contributed by atoms with Gasteiger partial charge in [0.25, 0.3) is 0 Å². The predicted molar refractivity (Wildman–Crippen MR) is 42.6 cm³/mol. The standard InChI is InChI=1S/C8H18FN/c1-3-4-7(2)5-8(9)6-10/h7-8H,3-6,10H2,1-2H3. The lowest BCUT2D eigenvalue weighted by atomic mass is 9.99. The molecule has 1 nitrogen and oxygen atoms in total. The second-order valence-electron chi connectivity index (χ2n) is 2.96. The van der Waals surface area contributed by atoms with E-state index in [-0.39, 0.29) is 6.54 Å². The van der Waals surface area contributed by atoms with Crippen LogP contribution in [0.4, 0.5) is 4.39 Å². The van der Waals surface area contributed by atoms with E-state index in [2.05, 4.69) is 13.8 Å². The molecule has 0 amide bonds. The van der Waals surface area contributed by atoms with Crippen molar-refractivity contribution < 1.29 is 4.39 Å². The van der Waals surface area contributed by atoms with Gasteiger partial charge in [0.1, 0.15) is 6.17 Å². The summed E-state index contributed by atoms with van der Waals surface area (Å²) in [7, 11) is 0. The van der Waals surface area contributed by atoms with E-state index in [0.29, 0.717) is 12.3 Å². The number of alkyl halides is 1. The van der Waals surface area contributed by atoms with Crippen LogP contribution < -0.4 is 5.73 Å². The Bertz CT molecular complexity index is 75.7. The monoisotopic (exact) mass is 147 g/mol. The van der Waals surface area contributed by atoms with Crippen LogP contribution in [0.5, 0.6) is 0 Å². The minimum Gasteiger partial charge on any atom is -0.328 e. The SMILES string of the molecule is CCCC(C)CC(F)CN. The van der Waals surface area contributed by atoms with Crippen LogP contribution in [-0.2, 0) is 0 Å². The minimum absolute atomic E-state index is 0.175. The summed E-state index contributed by atoms with van der Waals surface area (Å²) in [5.41, 5.74) is 5.14. The zero-order valence-electron chi connectivity index (χ0n) is 6.94. The molecule has 0 aliphatic rings. The zero-order chi connectivity index (χ0) is 7.98. The first kappa shape index (κ1) is 9.89. The van der Waals surface area contributed by atoms with E-state index in [1.54, 1.807) is 0 Å². The molecule has 62 valence electrons. The molecule has 0 bridgehead atoms. The van der Waals surface area contributed by atoms with Crippen LogP contribution in [0.3, 0.4) is 0 Å².